The summed E-state index contributed by atoms with van der Waals surface area (Å²) in [5, 5.41) is 12.0. The summed E-state index contributed by atoms with van der Waals surface area (Å²) >= 11 is 0. The molecule has 0 aliphatic heterocycles. The first-order chi connectivity index (χ1) is 8.83. The van der Waals surface area contributed by atoms with Gasteiger partial charge in [-0.05, 0) is 29.8 Å². The third kappa shape index (κ3) is 2.80. The topological polar surface area (TPSA) is 45.0 Å². The molecule has 3 heteroatoms. The molecule has 2 aromatic carbocycles. The van der Waals surface area contributed by atoms with E-state index in [1.54, 1.807) is 7.11 Å². The Morgan fingerprint density at radius 1 is 1.11 bits per heavy atom. The third-order valence-electron chi connectivity index (χ3n) is 2.67. The average Bonchev–Trinajstić information content (AvgIpc) is 2.46. The summed E-state index contributed by atoms with van der Waals surface area (Å²) in [6, 6.07) is 17.4. The van der Waals surface area contributed by atoms with Crippen LogP contribution in [-0.2, 0) is 6.54 Å². The predicted molar refractivity (Wildman–Crippen MR) is 71.5 cm³/mol. The minimum absolute atomic E-state index is 0.677. The maximum atomic E-state index is 8.72. The second kappa shape index (κ2) is 5.74. The van der Waals surface area contributed by atoms with Gasteiger partial charge in [-0.2, -0.15) is 5.26 Å². The smallest absolute Gasteiger partial charge is 0.141 e. The quantitative estimate of drug-likeness (QED) is 0.889. The van der Waals surface area contributed by atoms with Crippen molar-refractivity contribution in [2.45, 2.75) is 6.54 Å². The van der Waals surface area contributed by atoms with Crippen LogP contribution in [0.25, 0.3) is 0 Å². The number of hydrogen-bond acceptors (Lipinski definition) is 3. The van der Waals surface area contributed by atoms with Gasteiger partial charge in [0.15, 0.2) is 0 Å². The van der Waals surface area contributed by atoms with Crippen molar-refractivity contribution < 1.29 is 4.74 Å². The Labute approximate surface area is 107 Å². The van der Waals surface area contributed by atoms with Gasteiger partial charge in [-0.25, -0.2) is 0 Å². The van der Waals surface area contributed by atoms with Crippen molar-refractivity contribution in [1.82, 2.24) is 0 Å². The molecular weight excluding hydrogens is 224 g/mol. The van der Waals surface area contributed by atoms with E-state index in [9.17, 15) is 0 Å². The number of nitrogens with zero attached hydrogens (tertiary/aromatic N) is 1. The van der Waals surface area contributed by atoms with Crippen molar-refractivity contribution in [3.63, 3.8) is 0 Å². The molecule has 90 valence electrons. The lowest BCUT2D eigenvalue weighted by molar-refractivity contribution is 0.416. The van der Waals surface area contributed by atoms with Crippen molar-refractivity contribution in [3.05, 3.63) is 59.7 Å². The Morgan fingerprint density at radius 2 is 1.83 bits per heavy atom. The standard InChI is InChI=1S/C15H14N2O/c1-18-15-5-3-2-4-14(15)17-11-13-8-6-12(10-16)7-9-13/h2-9,17H,11H2,1H3. The molecule has 0 aliphatic rings. The van der Waals surface area contributed by atoms with E-state index in [0.29, 0.717) is 12.1 Å². The van der Waals surface area contributed by atoms with E-state index in [0.717, 1.165) is 17.0 Å². The molecule has 2 rings (SSSR count). The Kier molecular flexibility index (Phi) is 3.83. The SMILES string of the molecule is COc1ccccc1NCc1ccc(C#N)cc1. The van der Waals surface area contributed by atoms with Gasteiger partial charge < -0.3 is 10.1 Å². The fraction of sp³-hybridized carbons (Fsp3) is 0.133. The van der Waals surface area contributed by atoms with Crippen LogP contribution in [-0.4, -0.2) is 7.11 Å². The number of benzene rings is 2. The lowest BCUT2D eigenvalue weighted by Crippen LogP contribution is -2.01. The molecule has 18 heavy (non-hydrogen) atoms. The summed E-state index contributed by atoms with van der Waals surface area (Å²) in [7, 11) is 1.65. The summed E-state index contributed by atoms with van der Waals surface area (Å²) < 4.78 is 5.26. The van der Waals surface area contributed by atoms with Crippen LogP contribution in [0.1, 0.15) is 11.1 Å². The number of nitriles is 1. The van der Waals surface area contributed by atoms with Crippen LogP contribution < -0.4 is 10.1 Å². The normalized spacial score (nSPS) is 9.56. The van der Waals surface area contributed by atoms with Gasteiger partial charge in [0.05, 0.1) is 24.4 Å². The molecule has 2 aromatic rings. The number of rotatable bonds is 4. The molecule has 0 unspecified atom stereocenters. The maximum Gasteiger partial charge on any atom is 0.141 e. The Hall–Kier alpha value is -2.47. The van der Waals surface area contributed by atoms with Crippen LogP contribution in [0.2, 0.25) is 0 Å². The maximum absolute atomic E-state index is 8.72. The molecule has 0 aromatic heterocycles. The first kappa shape index (κ1) is 12.0. The first-order valence-corrected chi connectivity index (χ1v) is 5.69. The average molecular weight is 238 g/mol. The minimum Gasteiger partial charge on any atom is -0.495 e. The molecule has 0 amide bonds. The number of ether oxygens (including phenoxy) is 1. The van der Waals surface area contributed by atoms with E-state index in [2.05, 4.69) is 11.4 Å². The van der Waals surface area contributed by atoms with Gasteiger partial charge in [0.1, 0.15) is 5.75 Å². The Bertz CT molecular complexity index is 555. The van der Waals surface area contributed by atoms with Gasteiger partial charge in [0.25, 0.3) is 0 Å². The zero-order chi connectivity index (χ0) is 12.8. The van der Waals surface area contributed by atoms with E-state index in [-0.39, 0.29) is 0 Å². The number of hydrogen-bond donors (Lipinski definition) is 1. The van der Waals surface area contributed by atoms with E-state index in [1.165, 1.54) is 0 Å². The highest BCUT2D eigenvalue weighted by molar-refractivity contribution is 5.56. The van der Waals surface area contributed by atoms with E-state index in [4.69, 9.17) is 10.00 Å². The molecule has 0 heterocycles. The molecule has 0 bridgehead atoms. The van der Waals surface area contributed by atoms with Gasteiger partial charge in [-0.3, -0.25) is 0 Å². The van der Waals surface area contributed by atoms with Crippen molar-refractivity contribution in [2.75, 3.05) is 12.4 Å². The Morgan fingerprint density at radius 3 is 2.50 bits per heavy atom. The highest BCUT2D eigenvalue weighted by Gasteiger charge is 2.00. The van der Waals surface area contributed by atoms with Crippen LogP contribution >= 0.6 is 0 Å². The third-order valence-corrected chi connectivity index (χ3v) is 2.67. The molecule has 0 aliphatic carbocycles. The lowest BCUT2D eigenvalue weighted by atomic mass is 10.1. The lowest BCUT2D eigenvalue weighted by Gasteiger charge is -2.10. The highest BCUT2D eigenvalue weighted by Crippen LogP contribution is 2.23. The van der Waals surface area contributed by atoms with E-state index < -0.39 is 0 Å². The summed E-state index contributed by atoms with van der Waals surface area (Å²) in [6.07, 6.45) is 0. The molecule has 0 saturated heterocycles. The summed E-state index contributed by atoms with van der Waals surface area (Å²) in [5.74, 6) is 0.825. The second-order valence-electron chi connectivity index (χ2n) is 3.86. The molecular formula is C15H14N2O. The molecule has 0 radical (unpaired) electrons. The fourth-order valence-corrected chi connectivity index (χ4v) is 1.69. The minimum atomic E-state index is 0.677. The van der Waals surface area contributed by atoms with Gasteiger partial charge in [-0.15, -0.1) is 0 Å². The number of methoxy groups -OCH3 is 1. The Balaban J connectivity index is 2.04. The molecule has 0 saturated carbocycles. The van der Waals surface area contributed by atoms with Crippen LogP contribution in [0.5, 0.6) is 5.75 Å². The molecule has 1 N–H and O–H groups in total. The molecule has 0 atom stereocenters. The van der Waals surface area contributed by atoms with E-state index >= 15 is 0 Å². The largest absolute Gasteiger partial charge is 0.495 e. The second-order valence-corrected chi connectivity index (χ2v) is 3.86. The van der Waals surface area contributed by atoms with Crippen molar-refractivity contribution in [2.24, 2.45) is 0 Å². The zero-order valence-corrected chi connectivity index (χ0v) is 10.2. The van der Waals surface area contributed by atoms with Crippen LogP contribution in [0.4, 0.5) is 5.69 Å². The van der Waals surface area contributed by atoms with Gasteiger partial charge in [0.2, 0.25) is 0 Å². The van der Waals surface area contributed by atoms with Crippen LogP contribution in [0.3, 0.4) is 0 Å². The molecule has 3 nitrogen and oxygen atoms in total. The molecule has 0 spiro atoms. The monoisotopic (exact) mass is 238 g/mol. The van der Waals surface area contributed by atoms with Crippen molar-refractivity contribution in [3.8, 4) is 11.8 Å². The van der Waals surface area contributed by atoms with Gasteiger partial charge >= 0.3 is 0 Å². The van der Waals surface area contributed by atoms with E-state index in [1.807, 2.05) is 48.5 Å². The van der Waals surface area contributed by atoms with Crippen LogP contribution in [0, 0.1) is 11.3 Å². The van der Waals surface area contributed by atoms with Crippen molar-refractivity contribution >= 4 is 5.69 Å². The van der Waals surface area contributed by atoms with Crippen LogP contribution in [0.15, 0.2) is 48.5 Å². The predicted octanol–water partition coefficient (Wildman–Crippen LogP) is 3.18. The summed E-state index contributed by atoms with van der Waals surface area (Å²) in [6.45, 7) is 0.700. The fourth-order valence-electron chi connectivity index (χ4n) is 1.69. The highest BCUT2D eigenvalue weighted by atomic mass is 16.5. The number of nitrogens with one attached hydrogen (secondary N) is 1. The molecule has 0 fully saturated rings. The summed E-state index contributed by atoms with van der Waals surface area (Å²) in [4.78, 5) is 0. The van der Waals surface area contributed by atoms with Gasteiger partial charge in [-0.1, -0.05) is 24.3 Å². The number of para-hydroxylation sites is 2. The first-order valence-electron chi connectivity index (χ1n) is 5.69. The number of anilines is 1. The summed E-state index contributed by atoms with van der Waals surface area (Å²) in [5.41, 5.74) is 2.76. The van der Waals surface area contributed by atoms with Gasteiger partial charge in [0, 0.05) is 6.54 Å². The van der Waals surface area contributed by atoms with Crippen molar-refractivity contribution in [1.29, 1.82) is 5.26 Å². The zero-order valence-electron chi connectivity index (χ0n) is 10.2.